The molecule has 0 atom stereocenters. The van der Waals surface area contributed by atoms with Gasteiger partial charge in [-0.25, -0.2) is 14.4 Å². The molecule has 106 valence electrons. The van der Waals surface area contributed by atoms with Crippen molar-refractivity contribution in [2.24, 2.45) is 0 Å². The van der Waals surface area contributed by atoms with E-state index in [2.05, 4.69) is 36.1 Å². The molecule has 0 fully saturated rings. The summed E-state index contributed by atoms with van der Waals surface area (Å²) in [7, 11) is 1.83. The van der Waals surface area contributed by atoms with Crippen LogP contribution in [0.15, 0.2) is 24.3 Å². The molecular weight excluding hydrogens is 253 g/mol. The van der Waals surface area contributed by atoms with Crippen LogP contribution in [0.1, 0.15) is 32.2 Å². The van der Waals surface area contributed by atoms with Crippen molar-refractivity contribution in [2.45, 2.75) is 33.1 Å². The summed E-state index contributed by atoms with van der Waals surface area (Å²) in [4.78, 5) is 9.11. The van der Waals surface area contributed by atoms with E-state index in [1.54, 1.807) is 13.0 Å². The van der Waals surface area contributed by atoms with Gasteiger partial charge in [-0.05, 0) is 30.7 Å². The SMILES string of the molecule is CNc1cc(-c2ccc(F)c(C)c2)nc(C(C)(C)C)n1. The number of rotatable bonds is 2. The zero-order valence-corrected chi connectivity index (χ0v) is 12.6. The standard InChI is InChI=1S/C16H20FN3/c1-10-8-11(6-7-12(10)17)13-9-14(18-5)20-15(19-13)16(2,3)4/h6-9H,1-5H3,(H,18,19,20). The van der Waals surface area contributed by atoms with Crippen molar-refractivity contribution in [2.75, 3.05) is 12.4 Å². The van der Waals surface area contributed by atoms with Gasteiger partial charge in [-0.3, -0.25) is 0 Å². The Kier molecular flexibility index (Phi) is 3.75. The first-order valence-electron chi connectivity index (χ1n) is 6.65. The monoisotopic (exact) mass is 273 g/mol. The van der Waals surface area contributed by atoms with Crippen molar-refractivity contribution in [3.8, 4) is 11.3 Å². The molecule has 1 aromatic carbocycles. The van der Waals surface area contributed by atoms with Gasteiger partial charge in [-0.2, -0.15) is 0 Å². The third-order valence-corrected chi connectivity index (χ3v) is 3.11. The summed E-state index contributed by atoms with van der Waals surface area (Å²) in [6, 6.07) is 6.91. The van der Waals surface area contributed by atoms with Crippen LogP contribution < -0.4 is 5.32 Å². The highest BCUT2D eigenvalue weighted by Gasteiger charge is 2.19. The van der Waals surface area contributed by atoms with Crippen molar-refractivity contribution in [1.29, 1.82) is 0 Å². The molecule has 0 bridgehead atoms. The molecule has 0 amide bonds. The van der Waals surface area contributed by atoms with Crippen molar-refractivity contribution < 1.29 is 4.39 Å². The van der Waals surface area contributed by atoms with E-state index >= 15 is 0 Å². The van der Waals surface area contributed by atoms with Gasteiger partial charge in [0.25, 0.3) is 0 Å². The molecule has 0 saturated heterocycles. The van der Waals surface area contributed by atoms with E-state index in [4.69, 9.17) is 0 Å². The lowest BCUT2D eigenvalue weighted by Crippen LogP contribution is -2.17. The number of aromatic nitrogens is 2. The van der Waals surface area contributed by atoms with E-state index in [0.717, 1.165) is 22.9 Å². The number of halogens is 1. The van der Waals surface area contributed by atoms with Crippen LogP contribution in [-0.2, 0) is 5.41 Å². The van der Waals surface area contributed by atoms with E-state index in [0.29, 0.717) is 5.56 Å². The summed E-state index contributed by atoms with van der Waals surface area (Å²) in [5.41, 5.74) is 2.17. The second kappa shape index (κ2) is 5.19. The highest BCUT2D eigenvalue weighted by Crippen LogP contribution is 2.26. The van der Waals surface area contributed by atoms with Crippen LogP contribution in [0.25, 0.3) is 11.3 Å². The van der Waals surface area contributed by atoms with Crippen molar-refractivity contribution in [3.63, 3.8) is 0 Å². The number of hydrogen-bond donors (Lipinski definition) is 1. The minimum Gasteiger partial charge on any atom is -0.373 e. The lowest BCUT2D eigenvalue weighted by atomic mass is 9.95. The Labute approximate surface area is 119 Å². The topological polar surface area (TPSA) is 37.8 Å². The van der Waals surface area contributed by atoms with Crippen LogP contribution in [0, 0.1) is 12.7 Å². The summed E-state index contributed by atoms with van der Waals surface area (Å²) in [6.07, 6.45) is 0. The van der Waals surface area contributed by atoms with Gasteiger partial charge in [-0.15, -0.1) is 0 Å². The molecule has 1 N–H and O–H groups in total. The lowest BCUT2D eigenvalue weighted by Gasteiger charge is -2.18. The maximum atomic E-state index is 13.4. The summed E-state index contributed by atoms with van der Waals surface area (Å²) >= 11 is 0. The van der Waals surface area contributed by atoms with Gasteiger partial charge in [0.05, 0.1) is 5.69 Å². The molecule has 3 nitrogen and oxygen atoms in total. The predicted octanol–water partition coefficient (Wildman–Crippen LogP) is 3.93. The Morgan fingerprint density at radius 1 is 1.10 bits per heavy atom. The summed E-state index contributed by atoms with van der Waals surface area (Å²) < 4.78 is 13.4. The molecule has 0 unspecified atom stereocenters. The Hall–Kier alpha value is -1.97. The Morgan fingerprint density at radius 2 is 1.80 bits per heavy atom. The molecule has 0 saturated carbocycles. The van der Waals surface area contributed by atoms with E-state index in [9.17, 15) is 4.39 Å². The molecule has 20 heavy (non-hydrogen) atoms. The van der Waals surface area contributed by atoms with Crippen LogP contribution in [0.4, 0.5) is 10.2 Å². The van der Waals surface area contributed by atoms with Crippen molar-refractivity contribution in [3.05, 3.63) is 41.5 Å². The Bertz CT molecular complexity index is 630. The molecule has 4 heteroatoms. The zero-order chi connectivity index (χ0) is 14.9. The highest BCUT2D eigenvalue weighted by atomic mass is 19.1. The second-order valence-corrected chi connectivity index (χ2v) is 5.93. The molecular formula is C16H20FN3. The van der Waals surface area contributed by atoms with E-state index in [-0.39, 0.29) is 11.2 Å². The van der Waals surface area contributed by atoms with Crippen LogP contribution in [0.2, 0.25) is 0 Å². The van der Waals surface area contributed by atoms with Gasteiger partial charge in [0.15, 0.2) is 0 Å². The average molecular weight is 273 g/mol. The van der Waals surface area contributed by atoms with Gasteiger partial charge in [0, 0.05) is 24.1 Å². The van der Waals surface area contributed by atoms with Crippen molar-refractivity contribution in [1.82, 2.24) is 9.97 Å². The molecule has 2 rings (SSSR count). The minimum atomic E-state index is -0.201. The van der Waals surface area contributed by atoms with Gasteiger partial charge in [-0.1, -0.05) is 20.8 Å². The van der Waals surface area contributed by atoms with E-state index < -0.39 is 0 Å². The van der Waals surface area contributed by atoms with Crippen molar-refractivity contribution >= 4 is 5.82 Å². The summed E-state index contributed by atoms with van der Waals surface area (Å²) in [5.74, 6) is 1.33. The first kappa shape index (κ1) is 14.4. The molecule has 0 aliphatic carbocycles. The number of anilines is 1. The van der Waals surface area contributed by atoms with Crippen LogP contribution in [-0.4, -0.2) is 17.0 Å². The zero-order valence-electron chi connectivity index (χ0n) is 12.6. The van der Waals surface area contributed by atoms with Crippen LogP contribution in [0.5, 0.6) is 0 Å². The average Bonchev–Trinajstić information content (AvgIpc) is 2.40. The minimum absolute atomic E-state index is 0.142. The summed E-state index contributed by atoms with van der Waals surface area (Å²) in [6.45, 7) is 7.97. The quantitative estimate of drug-likeness (QED) is 0.901. The fourth-order valence-electron chi connectivity index (χ4n) is 1.86. The third kappa shape index (κ3) is 2.95. The molecule has 0 radical (unpaired) electrons. The maximum Gasteiger partial charge on any atom is 0.136 e. The van der Waals surface area contributed by atoms with E-state index in [1.807, 2.05) is 19.2 Å². The molecule has 0 spiro atoms. The van der Waals surface area contributed by atoms with Gasteiger partial charge in [0.2, 0.25) is 0 Å². The van der Waals surface area contributed by atoms with Crippen LogP contribution in [0.3, 0.4) is 0 Å². The van der Waals surface area contributed by atoms with Gasteiger partial charge < -0.3 is 5.32 Å². The number of aryl methyl sites for hydroxylation is 1. The first-order valence-corrected chi connectivity index (χ1v) is 6.65. The van der Waals surface area contributed by atoms with Gasteiger partial charge >= 0.3 is 0 Å². The third-order valence-electron chi connectivity index (χ3n) is 3.11. The number of hydrogen-bond acceptors (Lipinski definition) is 3. The maximum absolute atomic E-state index is 13.4. The van der Waals surface area contributed by atoms with E-state index in [1.165, 1.54) is 6.07 Å². The summed E-state index contributed by atoms with van der Waals surface area (Å²) in [5, 5.41) is 3.05. The Balaban J connectivity index is 2.58. The molecule has 2 aromatic rings. The second-order valence-electron chi connectivity index (χ2n) is 5.93. The smallest absolute Gasteiger partial charge is 0.136 e. The normalized spacial score (nSPS) is 11.5. The van der Waals surface area contributed by atoms with Gasteiger partial charge in [0.1, 0.15) is 17.5 Å². The predicted molar refractivity (Wildman–Crippen MR) is 80.4 cm³/mol. The number of benzene rings is 1. The molecule has 1 heterocycles. The molecule has 1 aromatic heterocycles. The van der Waals surface area contributed by atoms with Crippen LogP contribution >= 0.6 is 0 Å². The lowest BCUT2D eigenvalue weighted by molar-refractivity contribution is 0.547. The number of nitrogens with one attached hydrogen (secondary N) is 1. The number of nitrogens with zero attached hydrogens (tertiary/aromatic N) is 2. The fraction of sp³-hybridized carbons (Fsp3) is 0.375. The Morgan fingerprint density at radius 3 is 2.35 bits per heavy atom. The molecule has 0 aliphatic rings. The fourth-order valence-corrected chi connectivity index (χ4v) is 1.86. The largest absolute Gasteiger partial charge is 0.373 e. The first-order chi connectivity index (χ1) is 9.31. The highest BCUT2D eigenvalue weighted by molar-refractivity contribution is 5.63. The molecule has 0 aliphatic heterocycles.